The molecule has 0 radical (unpaired) electrons. The van der Waals surface area contributed by atoms with E-state index in [9.17, 15) is 4.79 Å². The van der Waals surface area contributed by atoms with Gasteiger partial charge in [0, 0.05) is 25.1 Å². The minimum atomic E-state index is -0.346. The monoisotopic (exact) mass is 296 g/mol. The lowest BCUT2D eigenvalue weighted by Gasteiger charge is -2.12. The second kappa shape index (κ2) is 6.26. The van der Waals surface area contributed by atoms with Gasteiger partial charge >= 0.3 is 0 Å². The first-order valence-electron chi connectivity index (χ1n) is 6.99. The fraction of sp³-hybridized carbons (Fsp3) is 0.188. The van der Waals surface area contributed by atoms with Crippen LogP contribution in [0, 0.1) is 0 Å². The maximum Gasteiger partial charge on any atom is 0.244 e. The number of hydrogen-bond donors (Lipinski definition) is 1. The Morgan fingerprint density at radius 3 is 3.00 bits per heavy atom. The molecule has 0 fully saturated rings. The molecular weight excluding hydrogens is 280 g/mol. The second-order valence-electron chi connectivity index (χ2n) is 4.91. The summed E-state index contributed by atoms with van der Waals surface area (Å²) in [5, 5.41) is 6.97. The van der Waals surface area contributed by atoms with Gasteiger partial charge in [-0.1, -0.05) is 0 Å². The lowest BCUT2D eigenvalue weighted by Crippen LogP contribution is -2.30. The summed E-state index contributed by atoms with van der Waals surface area (Å²) >= 11 is 0. The first kappa shape index (κ1) is 14.1. The van der Waals surface area contributed by atoms with E-state index in [0.717, 1.165) is 11.3 Å². The highest BCUT2D eigenvalue weighted by Gasteiger charge is 2.14. The van der Waals surface area contributed by atoms with Crippen molar-refractivity contribution in [3.8, 4) is 11.5 Å². The van der Waals surface area contributed by atoms with Crippen LogP contribution in [0.5, 0.6) is 0 Å². The van der Waals surface area contributed by atoms with Crippen LogP contribution in [0.25, 0.3) is 11.5 Å². The highest BCUT2D eigenvalue weighted by Crippen LogP contribution is 2.18. The Labute approximate surface area is 127 Å². The van der Waals surface area contributed by atoms with Gasteiger partial charge in [0.2, 0.25) is 5.91 Å². The van der Waals surface area contributed by atoms with E-state index in [-0.39, 0.29) is 11.9 Å². The zero-order valence-electron chi connectivity index (χ0n) is 12.1. The minimum Gasteiger partial charge on any atom is -0.463 e. The number of carbonyl (C=O) groups is 1. The van der Waals surface area contributed by atoms with Crippen molar-refractivity contribution in [1.29, 1.82) is 0 Å². The van der Waals surface area contributed by atoms with Crippen molar-refractivity contribution in [3.05, 3.63) is 60.7 Å². The number of rotatable bonds is 5. The van der Waals surface area contributed by atoms with Crippen molar-refractivity contribution in [2.45, 2.75) is 19.5 Å². The molecule has 22 heavy (non-hydrogen) atoms. The molecule has 0 bridgehead atoms. The topological polar surface area (TPSA) is 73.0 Å². The van der Waals surface area contributed by atoms with E-state index in [0.29, 0.717) is 12.3 Å². The SMILES string of the molecule is CC(C(=O)NCc1ccnc(-c2ccco2)c1)n1cccn1. The molecule has 3 rings (SSSR count). The molecule has 6 heteroatoms. The maximum absolute atomic E-state index is 12.1. The van der Waals surface area contributed by atoms with Crippen molar-refractivity contribution < 1.29 is 9.21 Å². The number of pyridine rings is 1. The summed E-state index contributed by atoms with van der Waals surface area (Å²) in [6.07, 6.45) is 6.74. The van der Waals surface area contributed by atoms with Gasteiger partial charge in [-0.2, -0.15) is 5.10 Å². The number of carbonyl (C=O) groups excluding carboxylic acids is 1. The number of amides is 1. The van der Waals surface area contributed by atoms with Crippen LogP contribution < -0.4 is 5.32 Å². The molecule has 3 aromatic heterocycles. The van der Waals surface area contributed by atoms with Crippen LogP contribution in [0.4, 0.5) is 0 Å². The van der Waals surface area contributed by atoms with Crippen molar-refractivity contribution >= 4 is 5.91 Å². The molecule has 0 saturated carbocycles. The van der Waals surface area contributed by atoms with Gasteiger partial charge in [0.25, 0.3) is 0 Å². The summed E-state index contributed by atoms with van der Waals surface area (Å²) < 4.78 is 6.95. The summed E-state index contributed by atoms with van der Waals surface area (Å²) in [6, 6.07) is 8.88. The number of aromatic nitrogens is 3. The van der Waals surface area contributed by atoms with Gasteiger partial charge in [-0.3, -0.25) is 14.5 Å². The van der Waals surface area contributed by atoms with E-state index in [1.165, 1.54) is 0 Å². The number of furan rings is 1. The molecule has 3 heterocycles. The molecule has 112 valence electrons. The van der Waals surface area contributed by atoms with Crippen molar-refractivity contribution in [2.24, 2.45) is 0 Å². The Hall–Kier alpha value is -2.89. The summed E-state index contributed by atoms with van der Waals surface area (Å²) in [5.41, 5.74) is 1.71. The van der Waals surface area contributed by atoms with Gasteiger partial charge in [0.1, 0.15) is 11.7 Å². The molecule has 6 nitrogen and oxygen atoms in total. The third-order valence-electron chi connectivity index (χ3n) is 3.37. The lowest BCUT2D eigenvalue weighted by atomic mass is 10.2. The van der Waals surface area contributed by atoms with Crippen LogP contribution in [0.3, 0.4) is 0 Å². The molecule has 1 amide bonds. The molecule has 0 saturated heterocycles. The van der Waals surface area contributed by atoms with E-state index >= 15 is 0 Å². The molecule has 1 N–H and O–H groups in total. The highest BCUT2D eigenvalue weighted by molar-refractivity contribution is 5.79. The third kappa shape index (κ3) is 3.06. The fourth-order valence-electron chi connectivity index (χ4n) is 2.11. The van der Waals surface area contributed by atoms with Crippen molar-refractivity contribution in [3.63, 3.8) is 0 Å². The average Bonchev–Trinajstić information content (AvgIpc) is 3.24. The second-order valence-corrected chi connectivity index (χ2v) is 4.91. The molecule has 1 atom stereocenters. The standard InChI is InChI=1S/C16H16N4O2/c1-12(20-8-3-6-19-20)16(21)18-11-13-5-7-17-14(10-13)15-4-2-9-22-15/h2-10,12H,11H2,1H3,(H,18,21). The van der Waals surface area contributed by atoms with Gasteiger partial charge in [-0.05, 0) is 42.8 Å². The summed E-state index contributed by atoms with van der Waals surface area (Å²) in [4.78, 5) is 16.4. The molecule has 0 aliphatic heterocycles. The number of nitrogens with zero attached hydrogens (tertiary/aromatic N) is 3. The molecule has 0 aromatic carbocycles. The van der Waals surface area contributed by atoms with Crippen molar-refractivity contribution in [1.82, 2.24) is 20.1 Å². The van der Waals surface area contributed by atoms with Gasteiger partial charge in [-0.15, -0.1) is 0 Å². The van der Waals surface area contributed by atoms with Crippen LogP contribution in [-0.4, -0.2) is 20.7 Å². The normalized spacial score (nSPS) is 12.0. The zero-order valence-corrected chi connectivity index (χ0v) is 12.1. The smallest absolute Gasteiger partial charge is 0.244 e. The van der Waals surface area contributed by atoms with Crippen LogP contribution >= 0.6 is 0 Å². The van der Waals surface area contributed by atoms with E-state index < -0.39 is 0 Å². The number of hydrogen-bond acceptors (Lipinski definition) is 4. The molecule has 0 spiro atoms. The Bertz CT molecular complexity index is 735. The Morgan fingerprint density at radius 2 is 2.27 bits per heavy atom. The first-order valence-corrected chi connectivity index (χ1v) is 6.99. The van der Waals surface area contributed by atoms with Gasteiger partial charge < -0.3 is 9.73 Å². The van der Waals surface area contributed by atoms with Crippen molar-refractivity contribution in [2.75, 3.05) is 0 Å². The fourth-order valence-corrected chi connectivity index (χ4v) is 2.11. The van der Waals surface area contributed by atoms with Gasteiger partial charge in [-0.25, -0.2) is 0 Å². The van der Waals surface area contributed by atoms with E-state index in [1.54, 1.807) is 35.6 Å². The summed E-state index contributed by atoms with van der Waals surface area (Å²) in [6.45, 7) is 2.24. The van der Waals surface area contributed by atoms with E-state index in [4.69, 9.17) is 4.42 Å². The number of nitrogens with one attached hydrogen (secondary N) is 1. The van der Waals surface area contributed by atoms with Crippen LogP contribution in [0.1, 0.15) is 18.5 Å². The Balaban J connectivity index is 1.64. The van der Waals surface area contributed by atoms with Gasteiger partial charge in [0.05, 0.1) is 6.26 Å². The van der Waals surface area contributed by atoms with E-state index in [2.05, 4.69) is 15.4 Å². The quantitative estimate of drug-likeness (QED) is 0.784. The molecule has 0 aliphatic rings. The third-order valence-corrected chi connectivity index (χ3v) is 3.37. The molecule has 1 unspecified atom stereocenters. The largest absolute Gasteiger partial charge is 0.463 e. The molecule has 0 aliphatic carbocycles. The van der Waals surface area contributed by atoms with Crippen LogP contribution in [-0.2, 0) is 11.3 Å². The first-order chi connectivity index (χ1) is 10.7. The Kier molecular flexibility index (Phi) is 4.00. The highest BCUT2D eigenvalue weighted by atomic mass is 16.3. The minimum absolute atomic E-state index is 0.0833. The predicted octanol–water partition coefficient (Wildman–Crippen LogP) is 2.42. The predicted molar refractivity (Wildman–Crippen MR) is 80.7 cm³/mol. The summed E-state index contributed by atoms with van der Waals surface area (Å²) in [7, 11) is 0. The lowest BCUT2D eigenvalue weighted by molar-refractivity contribution is -0.124. The van der Waals surface area contributed by atoms with E-state index in [1.807, 2.05) is 31.2 Å². The zero-order chi connectivity index (χ0) is 15.4. The Morgan fingerprint density at radius 1 is 1.36 bits per heavy atom. The molecule has 3 aromatic rings. The van der Waals surface area contributed by atoms with Gasteiger partial charge in [0.15, 0.2) is 5.76 Å². The molecular formula is C16H16N4O2. The average molecular weight is 296 g/mol. The van der Waals surface area contributed by atoms with Crippen LogP contribution in [0.2, 0.25) is 0 Å². The van der Waals surface area contributed by atoms with Crippen LogP contribution in [0.15, 0.2) is 59.6 Å². The summed E-state index contributed by atoms with van der Waals surface area (Å²) in [5.74, 6) is 0.623. The maximum atomic E-state index is 12.1.